The molecule has 3 unspecified atom stereocenters. The molecular weight excluding hydrogens is 510 g/mol. The molecule has 0 aliphatic carbocycles. The fourth-order valence-electron chi connectivity index (χ4n) is 6.44. The summed E-state index contributed by atoms with van der Waals surface area (Å²) in [5, 5.41) is 15.6. The van der Waals surface area contributed by atoms with E-state index in [2.05, 4.69) is 17.6 Å². The van der Waals surface area contributed by atoms with Crippen molar-refractivity contribution in [3.8, 4) is 0 Å². The highest BCUT2D eigenvalue weighted by Crippen LogP contribution is 2.68. The number of thioether (sulfide) groups is 1. The SMILES string of the molecule is CC1C[C@H]2SC13C(C(=O)Nc1ccccc1Cl)N(CCCCCO)C(=O)[C@@H]3[C@H]2C(=O)Nc1ccccc1. The molecule has 3 aliphatic rings. The molecule has 0 aromatic heterocycles. The van der Waals surface area contributed by atoms with Gasteiger partial charge in [-0.25, -0.2) is 0 Å². The maximum Gasteiger partial charge on any atom is 0.248 e. The number of amides is 3. The average Bonchev–Trinajstić information content (AvgIpc) is 3.47. The number of aliphatic hydroxyl groups excluding tert-OH is 1. The van der Waals surface area contributed by atoms with Crippen LogP contribution in [0.5, 0.6) is 0 Å². The molecule has 3 fully saturated rings. The van der Waals surface area contributed by atoms with Crippen LogP contribution in [-0.2, 0) is 14.4 Å². The molecule has 2 aromatic carbocycles. The number of unbranched alkanes of at least 4 members (excludes halogenated alkanes) is 2. The second kappa shape index (κ2) is 10.7. The van der Waals surface area contributed by atoms with Crippen LogP contribution in [0.3, 0.4) is 0 Å². The highest BCUT2D eigenvalue weighted by atomic mass is 35.5. The summed E-state index contributed by atoms with van der Waals surface area (Å²) in [7, 11) is 0. The minimum atomic E-state index is -0.713. The number of anilines is 2. The number of rotatable bonds is 9. The van der Waals surface area contributed by atoms with Crippen LogP contribution in [0.25, 0.3) is 0 Å². The molecule has 0 radical (unpaired) electrons. The number of likely N-dealkylation sites (tertiary alicyclic amines) is 1. The lowest BCUT2D eigenvalue weighted by Gasteiger charge is -2.38. The molecule has 6 atom stereocenters. The number of nitrogens with zero attached hydrogens (tertiary/aromatic N) is 1. The van der Waals surface area contributed by atoms with Gasteiger partial charge in [-0.05, 0) is 55.9 Å². The number of carbonyl (C=O) groups is 3. The van der Waals surface area contributed by atoms with E-state index in [1.54, 1.807) is 40.9 Å². The Labute approximate surface area is 226 Å². The van der Waals surface area contributed by atoms with Gasteiger partial charge in [-0.2, -0.15) is 0 Å². The van der Waals surface area contributed by atoms with Crippen molar-refractivity contribution in [3.63, 3.8) is 0 Å². The molecule has 37 heavy (non-hydrogen) atoms. The number of hydrogen-bond acceptors (Lipinski definition) is 5. The molecule has 9 heteroatoms. The molecule has 0 saturated carbocycles. The lowest BCUT2D eigenvalue weighted by Crippen LogP contribution is -2.54. The Balaban J connectivity index is 1.48. The summed E-state index contributed by atoms with van der Waals surface area (Å²) in [6.45, 7) is 2.60. The molecule has 2 bridgehead atoms. The quantitative estimate of drug-likeness (QED) is 0.408. The first-order valence-electron chi connectivity index (χ1n) is 12.9. The lowest BCUT2D eigenvalue weighted by atomic mass is 9.66. The van der Waals surface area contributed by atoms with Crippen LogP contribution in [-0.4, -0.2) is 56.9 Å². The fraction of sp³-hybridized carbons (Fsp3) is 0.464. The van der Waals surface area contributed by atoms with Crippen molar-refractivity contribution in [1.29, 1.82) is 0 Å². The number of para-hydroxylation sites is 2. The van der Waals surface area contributed by atoms with E-state index in [9.17, 15) is 19.5 Å². The van der Waals surface area contributed by atoms with E-state index < -0.39 is 22.6 Å². The van der Waals surface area contributed by atoms with Crippen LogP contribution in [0.15, 0.2) is 54.6 Å². The third-order valence-electron chi connectivity index (χ3n) is 8.03. The van der Waals surface area contributed by atoms with Gasteiger partial charge in [0.2, 0.25) is 17.7 Å². The Bertz CT molecular complexity index is 1180. The molecule has 196 valence electrons. The van der Waals surface area contributed by atoms with Crippen molar-refractivity contribution >= 4 is 52.5 Å². The number of nitrogens with one attached hydrogen (secondary N) is 2. The van der Waals surface area contributed by atoms with Gasteiger partial charge in [0.25, 0.3) is 0 Å². The lowest BCUT2D eigenvalue weighted by molar-refractivity contribution is -0.138. The molecular formula is C28H32ClN3O4S. The van der Waals surface area contributed by atoms with Gasteiger partial charge in [0.15, 0.2) is 0 Å². The van der Waals surface area contributed by atoms with Crippen molar-refractivity contribution in [2.24, 2.45) is 17.8 Å². The van der Waals surface area contributed by atoms with Crippen LogP contribution in [0.1, 0.15) is 32.6 Å². The maximum absolute atomic E-state index is 14.1. The second-order valence-electron chi connectivity index (χ2n) is 10.2. The van der Waals surface area contributed by atoms with Gasteiger partial charge in [0.1, 0.15) is 6.04 Å². The van der Waals surface area contributed by atoms with E-state index in [0.717, 1.165) is 12.8 Å². The molecule has 3 saturated heterocycles. The standard InChI is InChI=1S/C28H32ClN3O4S/c1-17-16-21-22(25(34)30-18-10-4-2-5-11-18)23-27(36)32(14-8-3-9-15-33)24(28(17,23)37-21)26(35)31-20-13-7-6-12-19(20)29/h2,4-7,10-13,17,21-24,33H,3,8-9,14-16H2,1H3,(H,30,34)(H,31,35)/t17?,21-,22+,23+,24?,28?/m1/s1. The number of carbonyl (C=O) groups excluding carboxylic acids is 3. The van der Waals surface area contributed by atoms with Gasteiger partial charge in [0.05, 0.1) is 27.3 Å². The second-order valence-corrected chi connectivity index (χ2v) is 12.1. The maximum atomic E-state index is 14.1. The summed E-state index contributed by atoms with van der Waals surface area (Å²) >= 11 is 7.99. The highest BCUT2D eigenvalue weighted by molar-refractivity contribution is 8.02. The van der Waals surface area contributed by atoms with Gasteiger partial charge in [-0.1, -0.05) is 48.9 Å². The van der Waals surface area contributed by atoms with Gasteiger partial charge in [-0.15, -0.1) is 11.8 Å². The molecule has 3 amide bonds. The van der Waals surface area contributed by atoms with Crippen LogP contribution >= 0.6 is 23.4 Å². The normalized spacial score (nSPS) is 29.9. The summed E-state index contributed by atoms with van der Waals surface area (Å²) < 4.78 is -0.692. The molecule has 1 spiro atoms. The predicted octanol–water partition coefficient (Wildman–Crippen LogP) is 4.42. The zero-order valence-corrected chi connectivity index (χ0v) is 22.3. The molecule has 3 aliphatic heterocycles. The summed E-state index contributed by atoms with van der Waals surface area (Å²) in [5.74, 6) is -1.56. The third kappa shape index (κ3) is 4.53. The monoisotopic (exact) mass is 541 g/mol. The molecule has 3 heterocycles. The first-order valence-corrected chi connectivity index (χ1v) is 14.1. The van der Waals surface area contributed by atoms with Gasteiger partial charge >= 0.3 is 0 Å². The van der Waals surface area contributed by atoms with E-state index in [-0.39, 0.29) is 35.5 Å². The smallest absolute Gasteiger partial charge is 0.248 e. The Hall–Kier alpha value is -2.55. The van der Waals surface area contributed by atoms with E-state index in [1.807, 2.05) is 30.3 Å². The first-order chi connectivity index (χ1) is 17.9. The van der Waals surface area contributed by atoms with Gasteiger partial charge in [-0.3, -0.25) is 14.4 Å². The number of fused-ring (bicyclic) bond motifs is 1. The van der Waals surface area contributed by atoms with Crippen molar-refractivity contribution in [2.75, 3.05) is 23.8 Å². The van der Waals surface area contributed by atoms with Crippen LogP contribution < -0.4 is 10.6 Å². The van der Waals surface area contributed by atoms with E-state index >= 15 is 0 Å². The van der Waals surface area contributed by atoms with Crippen LogP contribution in [0.4, 0.5) is 11.4 Å². The number of hydrogen-bond donors (Lipinski definition) is 3. The van der Waals surface area contributed by atoms with Crippen LogP contribution in [0, 0.1) is 17.8 Å². The van der Waals surface area contributed by atoms with Crippen molar-refractivity contribution in [1.82, 2.24) is 4.90 Å². The average molecular weight is 542 g/mol. The highest BCUT2D eigenvalue weighted by Gasteiger charge is 2.75. The molecule has 3 N–H and O–H groups in total. The molecule has 5 rings (SSSR count). The fourth-order valence-corrected chi connectivity index (χ4v) is 9.05. The third-order valence-corrected chi connectivity index (χ3v) is 10.4. The summed E-state index contributed by atoms with van der Waals surface area (Å²) in [6.07, 6.45) is 2.84. The topological polar surface area (TPSA) is 98.7 Å². The zero-order chi connectivity index (χ0) is 26.2. The number of halogens is 1. The Morgan fingerprint density at radius 1 is 1.05 bits per heavy atom. The molecule has 2 aromatic rings. The largest absolute Gasteiger partial charge is 0.396 e. The summed E-state index contributed by atoms with van der Waals surface area (Å²) in [4.78, 5) is 43.3. The van der Waals surface area contributed by atoms with E-state index in [0.29, 0.717) is 35.8 Å². The van der Waals surface area contributed by atoms with Gasteiger partial charge < -0.3 is 20.6 Å². The summed E-state index contributed by atoms with van der Waals surface area (Å²) in [6, 6.07) is 15.6. The molecule has 7 nitrogen and oxygen atoms in total. The van der Waals surface area contributed by atoms with Crippen LogP contribution in [0.2, 0.25) is 5.02 Å². The number of aliphatic hydroxyl groups is 1. The summed E-state index contributed by atoms with van der Waals surface area (Å²) in [5.41, 5.74) is 1.20. The Morgan fingerprint density at radius 2 is 1.78 bits per heavy atom. The minimum absolute atomic E-state index is 0.0279. The van der Waals surface area contributed by atoms with Crippen molar-refractivity contribution in [3.05, 3.63) is 59.6 Å². The Morgan fingerprint density at radius 3 is 2.51 bits per heavy atom. The van der Waals surface area contributed by atoms with Crippen molar-refractivity contribution < 1.29 is 19.5 Å². The predicted molar refractivity (Wildman–Crippen MR) is 146 cm³/mol. The van der Waals surface area contributed by atoms with Crippen molar-refractivity contribution in [2.45, 2.75) is 48.6 Å². The first kappa shape index (κ1) is 26.1. The Kier molecular flexibility index (Phi) is 7.52. The zero-order valence-electron chi connectivity index (χ0n) is 20.7. The van der Waals surface area contributed by atoms with E-state index in [1.165, 1.54) is 0 Å². The minimum Gasteiger partial charge on any atom is -0.396 e. The van der Waals surface area contributed by atoms with E-state index in [4.69, 9.17) is 11.6 Å². The number of benzene rings is 2. The van der Waals surface area contributed by atoms with Gasteiger partial charge in [0, 0.05) is 24.1 Å².